The van der Waals surface area contributed by atoms with E-state index in [4.69, 9.17) is 11.6 Å². The second kappa shape index (κ2) is 5.02. The van der Waals surface area contributed by atoms with Gasteiger partial charge in [-0.15, -0.1) is 11.6 Å². The van der Waals surface area contributed by atoms with E-state index in [0.29, 0.717) is 24.8 Å². The molecular formula is C9H12ClFN2. The zero-order valence-electron chi connectivity index (χ0n) is 7.50. The Kier molecular flexibility index (Phi) is 3.96. The average Bonchev–Trinajstić information content (AvgIpc) is 2.16. The maximum absolute atomic E-state index is 13.2. The van der Waals surface area contributed by atoms with Gasteiger partial charge in [0.2, 0.25) is 0 Å². The molecule has 0 unspecified atom stereocenters. The highest BCUT2D eigenvalue weighted by molar-refractivity contribution is 6.18. The summed E-state index contributed by atoms with van der Waals surface area (Å²) in [6.07, 6.45) is 1.58. The fourth-order valence-corrected chi connectivity index (χ4v) is 1.33. The summed E-state index contributed by atoms with van der Waals surface area (Å²) in [5.74, 6) is 0.559. The number of pyridine rings is 1. The maximum Gasteiger partial charge on any atom is 0.165 e. The summed E-state index contributed by atoms with van der Waals surface area (Å²) >= 11 is 5.59. The topological polar surface area (TPSA) is 16.1 Å². The van der Waals surface area contributed by atoms with Gasteiger partial charge in [0.1, 0.15) is 0 Å². The molecule has 4 heteroatoms. The van der Waals surface area contributed by atoms with Crippen LogP contribution in [0.2, 0.25) is 0 Å². The first-order chi connectivity index (χ1) is 6.29. The first kappa shape index (κ1) is 10.3. The molecule has 0 aliphatic rings. The number of aromatic nitrogens is 1. The van der Waals surface area contributed by atoms with Crippen LogP contribution >= 0.6 is 11.6 Å². The molecule has 1 aromatic heterocycles. The van der Waals surface area contributed by atoms with Crippen molar-refractivity contribution in [2.45, 2.75) is 6.92 Å². The normalized spacial score (nSPS) is 10.1. The van der Waals surface area contributed by atoms with Crippen LogP contribution in [-0.4, -0.2) is 24.0 Å². The van der Waals surface area contributed by atoms with Crippen molar-refractivity contribution in [2.75, 3.05) is 23.9 Å². The van der Waals surface area contributed by atoms with Crippen LogP contribution in [0.5, 0.6) is 0 Å². The molecule has 0 bridgehead atoms. The van der Waals surface area contributed by atoms with E-state index in [9.17, 15) is 4.39 Å². The highest BCUT2D eigenvalue weighted by Crippen LogP contribution is 2.14. The Morgan fingerprint density at radius 1 is 1.62 bits per heavy atom. The molecular weight excluding hydrogens is 191 g/mol. The molecule has 0 N–H and O–H groups in total. The first-order valence-electron chi connectivity index (χ1n) is 4.21. The van der Waals surface area contributed by atoms with Gasteiger partial charge in [0.05, 0.1) is 0 Å². The standard InChI is InChI=1S/C9H12ClFN2/c1-2-13(7-5-10)9-8(11)4-3-6-12-9/h3-4,6H,2,5,7H2,1H3. The molecule has 0 saturated carbocycles. The molecule has 0 radical (unpaired) electrons. The lowest BCUT2D eigenvalue weighted by molar-refractivity contribution is 0.612. The van der Waals surface area contributed by atoms with E-state index >= 15 is 0 Å². The van der Waals surface area contributed by atoms with Gasteiger partial charge in [-0.25, -0.2) is 9.37 Å². The van der Waals surface area contributed by atoms with Crippen LogP contribution in [0, 0.1) is 5.82 Å². The van der Waals surface area contributed by atoms with Gasteiger partial charge in [-0.1, -0.05) is 0 Å². The van der Waals surface area contributed by atoms with Crippen LogP contribution in [0.25, 0.3) is 0 Å². The minimum Gasteiger partial charge on any atom is -0.353 e. The summed E-state index contributed by atoms with van der Waals surface area (Å²) in [6.45, 7) is 3.27. The van der Waals surface area contributed by atoms with Crippen molar-refractivity contribution in [3.63, 3.8) is 0 Å². The van der Waals surface area contributed by atoms with Crippen molar-refractivity contribution >= 4 is 17.4 Å². The fourth-order valence-electron chi connectivity index (χ4n) is 1.13. The zero-order chi connectivity index (χ0) is 9.68. The van der Waals surface area contributed by atoms with E-state index < -0.39 is 0 Å². The molecule has 13 heavy (non-hydrogen) atoms. The Morgan fingerprint density at radius 3 is 2.92 bits per heavy atom. The first-order valence-corrected chi connectivity index (χ1v) is 4.74. The molecule has 0 atom stereocenters. The molecule has 0 spiro atoms. The van der Waals surface area contributed by atoms with Crippen LogP contribution in [0.4, 0.5) is 10.2 Å². The van der Waals surface area contributed by atoms with Gasteiger partial charge in [0, 0.05) is 25.2 Å². The third-order valence-electron chi connectivity index (χ3n) is 1.77. The third kappa shape index (κ3) is 2.56. The Hall–Kier alpha value is -0.830. The Bertz CT molecular complexity index is 268. The van der Waals surface area contributed by atoms with Gasteiger partial charge in [0.25, 0.3) is 0 Å². The predicted octanol–water partition coefficient (Wildman–Crippen LogP) is 2.29. The highest BCUT2D eigenvalue weighted by Gasteiger charge is 2.09. The summed E-state index contributed by atoms with van der Waals surface area (Å²) in [4.78, 5) is 5.77. The molecule has 0 aliphatic heterocycles. The number of rotatable bonds is 4. The monoisotopic (exact) mass is 202 g/mol. The predicted molar refractivity (Wildman–Crippen MR) is 52.8 cm³/mol. The molecule has 0 amide bonds. The van der Waals surface area contributed by atoms with Gasteiger partial charge < -0.3 is 4.90 Å². The van der Waals surface area contributed by atoms with Crippen molar-refractivity contribution in [1.82, 2.24) is 4.98 Å². The summed E-state index contributed by atoms with van der Waals surface area (Å²) in [6, 6.07) is 2.98. The molecule has 72 valence electrons. The van der Waals surface area contributed by atoms with E-state index in [0.717, 1.165) is 0 Å². The number of hydrogen-bond donors (Lipinski definition) is 0. The van der Waals surface area contributed by atoms with Gasteiger partial charge >= 0.3 is 0 Å². The van der Waals surface area contributed by atoms with Crippen molar-refractivity contribution in [2.24, 2.45) is 0 Å². The molecule has 0 saturated heterocycles. The van der Waals surface area contributed by atoms with Crippen molar-refractivity contribution < 1.29 is 4.39 Å². The minimum atomic E-state index is -0.297. The second-order valence-corrected chi connectivity index (χ2v) is 2.96. The van der Waals surface area contributed by atoms with Gasteiger partial charge in [0.15, 0.2) is 11.6 Å². The average molecular weight is 203 g/mol. The van der Waals surface area contributed by atoms with Gasteiger partial charge in [-0.2, -0.15) is 0 Å². The molecule has 1 rings (SSSR count). The van der Waals surface area contributed by atoms with Gasteiger partial charge in [-0.3, -0.25) is 0 Å². The van der Waals surface area contributed by atoms with E-state index in [-0.39, 0.29) is 5.82 Å². The van der Waals surface area contributed by atoms with Crippen molar-refractivity contribution in [3.8, 4) is 0 Å². The number of alkyl halides is 1. The number of anilines is 1. The molecule has 0 aliphatic carbocycles. The number of hydrogen-bond acceptors (Lipinski definition) is 2. The van der Waals surface area contributed by atoms with E-state index in [2.05, 4.69) is 4.98 Å². The zero-order valence-corrected chi connectivity index (χ0v) is 8.26. The number of halogens is 2. The lowest BCUT2D eigenvalue weighted by Gasteiger charge is -2.20. The highest BCUT2D eigenvalue weighted by atomic mass is 35.5. The maximum atomic E-state index is 13.2. The Labute approximate surface area is 82.3 Å². The summed E-state index contributed by atoms with van der Waals surface area (Å²) in [5, 5.41) is 0. The van der Waals surface area contributed by atoms with Crippen LogP contribution in [-0.2, 0) is 0 Å². The van der Waals surface area contributed by atoms with E-state index in [1.165, 1.54) is 6.07 Å². The summed E-state index contributed by atoms with van der Waals surface area (Å²) in [5.41, 5.74) is 0. The third-order valence-corrected chi connectivity index (χ3v) is 1.94. The molecule has 1 aromatic rings. The van der Waals surface area contributed by atoms with E-state index in [1.807, 2.05) is 11.8 Å². The number of nitrogens with zero attached hydrogens (tertiary/aromatic N) is 2. The lowest BCUT2D eigenvalue weighted by atomic mass is 10.4. The SMILES string of the molecule is CCN(CCCl)c1ncccc1F. The van der Waals surface area contributed by atoms with E-state index in [1.54, 1.807) is 12.3 Å². The lowest BCUT2D eigenvalue weighted by Crippen LogP contribution is -2.26. The van der Waals surface area contributed by atoms with Crippen LogP contribution in [0.1, 0.15) is 6.92 Å². The molecule has 0 fully saturated rings. The molecule has 1 heterocycles. The van der Waals surface area contributed by atoms with Crippen LogP contribution in [0.15, 0.2) is 18.3 Å². The Balaban J connectivity index is 2.84. The minimum absolute atomic E-state index is 0.297. The van der Waals surface area contributed by atoms with Crippen LogP contribution in [0.3, 0.4) is 0 Å². The van der Waals surface area contributed by atoms with Crippen molar-refractivity contribution in [3.05, 3.63) is 24.1 Å². The smallest absolute Gasteiger partial charge is 0.165 e. The largest absolute Gasteiger partial charge is 0.353 e. The molecule has 0 aromatic carbocycles. The Morgan fingerprint density at radius 2 is 2.38 bits per heavy atom. The fraction of sp³-hybridized carbons (Fsp3) is 0.444. The van der Waals surface area contributed by atoms with Crippen molar-refractivity contribution in [1.29, 1.82) is 0 Å². The summed E-state index contributed by atoms with van der Waals surface area (Å²) < 4.78 is 13.2. The molecule has 2 nitrogen and oxygen atoms in total. The van der Waals surface area contributed by atoms with Crippen LogP contribution < -0.4 is 4.90 Å². The quantitative estimate of drug-likeness (QED) is 0.697. The van der Waals surface area contributed by atoms with Gasteiger partial charge in [-0.05, 0) is 19.1 Å². The summed E-state index contributed by atoms with van der Waals surface area (Å²) in [7, 11) is 0. The second-order valence-electron chi connectivity index (χ2n) is 2.58.